The van der Waals surface area contributed by atoms with E-state index in [2.05, 4.69) is 6.92 Å². The van der Waals surface area contributed by atoms with Gasteiger partial charge in [-0.05, 0) is 18.1 Å². The van der Waals surface area contributed by atoms with Crippen LogP contribution in [0.2, 0.25) is 0 Å². The molecule has 0 bridgehead atoms. The van der Waals surface area contributed by atoms with Crippen LogP contribution in [-0.4, -0.2) is 13.9 Å². The Balaban J connectivity index is 2.47. The van der Waals surface area contributed by atoms with E-state index in [1.54, 1.807) is 7.11 Å². The van der Waals surface area contributed by atoms with Crippen molar-refractivity contribution in [2.24, 2.45) is 0 Å². The van der Waals surface area contributed by atoms with Gasteiger partial charge in [0.2, 0.25) is 6.79 Å². The van der Waals surface area contributed by atoms with E-state index in [1.807, 2.05) is 12.1 Å². The number of methoxy groups -OCH3 is 1. The molecule has 1 aromatic carbocycles. The van der Waals surface area contributed by atoms with E-state index in [-0.39, 0.29) is 0 Å². The second-order valence-electron chi connectivity index (χ2n) is 2.87. The molecule has 0 atom stereocenters. The van der Waals surface area contributed by atoms with Gasteiger partial charge in [-0.2, -0.15) is 0 Å². The minimum atomic E-state index is 0.311. The van der Waals surface area contributed by atoms with E-state index in [4.69, 9.17) is 14.2 Å². The highest BCUT2D eigenvalue weighted by atomic mass is 16.7. The third-order valence-corrected chi connectivity index (χ3v) is 2.16. The lowest BCUT2D eigenvalue weighted by atomic mass is 10.1. The Labute approximate surface area is 77.2 Å². The fraction of sp³-hybridized carbons (Fsp3) is 0.400. The highest BCUT2D eigenvalue weighted by molar-refractivity contribution is 5.51. The summed E-state index contributed by atoms with van der Waals surface area (Å²) in [4.78, 5) is 0. The van der Waals surface area contributed by atoms with Gasteiger partial charge in [-0.15, -0.1) is 0 Å². The molecule has 0 fully saturated rings. The van der Waals surface area contributed by atoms with Crippen molar-refractivity contribution in [2.75, 3.05) is 13.9 Å². The monoisotopic (exact) mass is 180 g/mol. The maximum atomic E-state index is 5.26. The smallest absolute Gasteiger partial charge is 0.231 e. The van der Waals surface area contributed by atoms with Crippen LogP contribution >= 0.6 is 0 Å². The fourth-order valence-corrected chi connectivity index (χ4v) is 1.43. The minimum Gasteiger partial charge on any atom is -0.496 e. The van der Waals surface area contributed by atoms with Crippen molar-refractivity contribution in [2.45, 2.75) is 13.3 Å². The first-order valence-corrected chi connectivity index (χ1v) is 4.31. The molecule has 70 valence electrons. The van der Waals surface area contributed by atoms with Crippen LogP contribution in [0.15, 0.2) is 12.1 Å². The average molecular weight is 180 g/mol. The molecule has 1 aromatic rings. The number of aryl methyl sites for hydroxylation is 1. The molecule has 0 unspecified atom stereocenters. The molecule has 0 N–H and O–H groups in total. The molecule has 1 aliphatic heterocycles. The SMILES string of the molecule is CCc1cc2c(cc1OC)OCO2. The predicted molar refractivity (Wildman–Crippen MR) is 48.5 cm³/mol. The maximum Gasteiger partial charge on any atom is 0.231 e. The van der Waals surface area contributed by atoms with Gasteiger partial charge < -0.3 is 14.2 Å². The lowest BCUT2D eigenvalue weighted by Gasteiger charge is -2.07. The van der Waals surface area contributed by atoms with Crippen molar-refractivity contribution >= 4 is 0 Å². The molecule has 0 aromatic heterocycles. The van der Waals surface area contributed by atoms with Gasteiger partial charge >= 0.3 is 0 Å². The summed E-state index contributed by atoms with van der Waals surface area (Å²) in [6.45, 7) is 2.39. The largest absolute Gasteiger partial charge is 0.496 e. The summed E-state index contributed by atoms with van der Waals surface area (Å²) in [6, 6.07) is 3.85. The Bertz CT molecular complexity index is 289. The molecular weight excluding hydrogens is 168 g/mol. The predicted octanol–water partition coefficient (Wildman–Crippen LogP) is 1.99. The normalized spacial score (nSPS) is 13.1. The van der Waals surface area contributed by atoms with Crippen LogP contribution in [0.3, 0.4) is 0 Å². The zero-order chi connectivity index (χ0) is 9.26. The van der Waals surface area contributed by atoms with Gasteiger partial charge in [0.1, 0.15) is 5.75 Å². The number of fused-ring (bicyclic) bond motifs is 1. The summed E-state index contributed by atoms with van der Waals surface area (Å²) in [5, 5.41) is 0. The van der Waals surface area contributed by atoms with Crippen molar-refractivity contribution in [3.63, 3.8) is 0 Å². The maximum absolute atomic E-state index is 5.26. The number of ether oxygens (including phenoxy) is 3. The number of rotatable bonds is 2. The van der Waals surface area contributed by atoms with Crippen molar-refractivity contribution in [1.82, 2.24) is 0 Å². The van der Waals surface area contributed by atoms with Crippen LogP contribution in [0.4, 0.5) is 0 Å². The van der Waals surface area contributed by atoms with Crippen LogP contribution in [0.1, 0.15) is 12.5 Å². The molecule has 3 heteroatoms. The average Bonchev–Trinajstić information content (AvgIpc) is 2.62. The standard InChI is InChI=1S/C10H12O3/c1-3-7-4-9-10(13-6-12-9)5-8(7)11-2/h4-5H,3,6H2,1-2H3. The van der Waals surface area contributed by atoms with Gasteiger partial charge in [0.15, 0.2) is 11.5 Å². The molecule has 1 heterocycles. The molecule has 1 aliphatic rings. The topological polar surface area (TPSA) is 27.7 Å². The summed E-state index contributed by atoms with van der Waals surface area (Å²) < 4.78 is 15.7. The van der Waals surface area contributed by atoms with Crippen molar-refractivity contribution in [3.8, 4) is 17.2 Å². The molecule has 0 saturated heterocycles. The zero-order valence-corrected chi connectivity index (χ0v) is 7.79. The lowest BCUT2D eigenvalue weighted by Crippen LogP contribution is -1.92. The summed E-state index contributed by atoms with van der Waals surface area (Å²) in [7, 11) is 1.66. The first-order valence-electron chi connectivity index (χ1n) is 4.31. The lowest BCUT2D eigenvalue weighted by molar-refractivity contribution is 0.174. The summed E-state index contributed by atoms with van der Waals surface area (Å²) in [6.07, 6.45) is 0.930. The Hall–Kier alpha value is -1.38. The zero-order valence-electron chi connectivity index (χ0n) is 7.79. The first kappa shape index (κ1) is 8.23. The van der Waals surface area contributed by atoms with E-state index in [1.165, 1.54) is 0 Å². The summed E-state index contributed by atoms with van der Waals surface area (Å²) in [5.74, 6) is 2.46. The fourth-order valence-electron chi connectivity index (χ4n) is 1.43. The van der Waals surface area contributed by atoms with Gasteiger partial charge in [-0.3, -0.25) is 0 Å². The molecule has 0 aliphatic carbocycles. The van der Waals surface area contributed by atoms with Crippen LogP contribution in [-0.2, 0) is 6.42 Å². The summed E-state index contributed by atoms with van der Waals surface area (Å²) >= 11 is 0. The van der Waals surface area contributed by atoms with Crippen molar-refractivity contribution in [3.05, 3.63) is 17.7 Å². The van der Waals surface area contributed by atoms with Crippen molar-refractivity contribution < 1.29 is 14.2 Å². The molecule has 2 rings (SSSR count). The van der Waals surface area contributed by atoms with E-state index in [0.29, 0.717) is 6.79 Å². The van der Waals surface area contributed by atoms with Crippen LogP contribution < -0.4 is 14.2 Å². The number of hydrogen-bond acceptors (Lipinski definition) is 3. The molecule has 0 radical (unpaired) electrons. The quantitative estimate of drug-likeness (QED) is 0.696. The highest BCUT2D eigenvalue weighted by Crippen LogP contribution is 2.38. The van der Waals surface area contributed by atoms with E-state index < -0.39 is 0 Å². The Morgan fingerprint density at radius 3 is 2.62 bits per heavy atom. The number of hydrogen-bond donors (Lipinski definition) is 0. The minimum absolute atomic E-state index is 0.311. The van der Waals surface area contributed by atoms with E-state index >= 15 is 0 Å². The molecule has 3 nitrogen and oxygen atoms in total. The van der Waals surface area contributed by atoms with Gasteiger partial charge in [0.05, 0.1) is 7.11 Å². The second-order valence-corrected chi connectivity index (χ2v) is 2.87. The van der Waals surface area contributed by atoms with Gasteiger partial charge in [-0.1, -0.05) is 6.92 Å². The second kappa shape index (κ2) is 3.17. The molecule has 0 amide bonds. The Kier molecular flexibility index (Phi) is 2.00. The molecule has 0 spiro atoms. The highest BCUT2D eigenvalue weighted by Gasteiger charge is 2.16. The third-order valence-electron chi connectivity index (χ3n) is 2.16. The third kappa shape index (κ3) is 1.30. The van der Waals surface area contributed by atoms with E-state index in [9.17, 15) is 0 Å². The Morgan fingerprint density at radius 2 is 2.00 bits per heavy atom. The molecular formula is C10H12O3. The van der Waals surface area contributed by atoms with E-state index in [0.717, 1.165) is 29.2 Å². The van der Waals surface area contributed by atoms with Gasteiger partial charge in [0.25, 0.3) is 0 Å². The summed E-state index contributed by atoms with van der Waals surface area (Å²) in [5.41, 5.74) is 1.15. The van der Waals surface area contributed by atoms with Crippen LogP contribution in [0.25, 0.3) is 0 Å². The van der Waals surface area contributed by atoms with Gasteiger partial charge in [-0.25, -0.2) is 0 Å². The molecule has 13 heavy (non-hydrogen) atoms. The number of benzene rings is 1. The Morgan fingerprint density at radius 1 is 1.31 bits per heavy atom. The van der Waals surface area contributed by atoms with Crippen LogP contribution in [0, 0.1) is 0 Å². The van der Waals surface area contributed by atoms with Gasteiger partial charge in [0, 0.05) is 6.07 Å². The van der Waals surface area contributed by atoms with Crippen molar-refractivity contribution in [1.29, 1.82) is 0 Å². The van der Waals surface area contributed by atoms with Crippen LogP contribution in [0.5, 0.6) is 17.2 Å². The first-order chi connectivity index (χ1) is 6.35. The molecule has 0 saturated carbocycles.